The van der Waals surface area contributed by atoms with E-state index in [0.29, 0.717) is 12.3 Å². The molecule has 1 unspecified atom stereocenters. The molecule has 3 amide bonds. The molecular formula is C19H21N3O3S. The Kier molecular flexibility index (Phi) is 5.68. The number of amides is 3. The second-order valence-electron chi connectivity index (χ2n) is 5.91. The first-order valence-electron chi connectivity index (χ1n) is 8.25. The third-order valence-corrected chi connectivity index (χ3v) is 4.98. The topological polar surface area (TPSA) is 70.7 Å². The number of rotatable bonds is 5. The Balaban J connectivity index is 1.62. The van der Waals surface area contributed by atoms with Gasteiger partial charge in [-0.2, -0.15) is 0 Å². The van der Waals surface area contributed by atoms with Crippen molar-refractivity contribution in [3.8, 4) is 5.75 Å². The number of ether oxygens (including phenoxy) is 1. The van der Waals surface area contributed by atoms with E-state index in [2.05, 4.69) is 10.6 Å². The molecule has 1 aliphatic rings. The normalized spacial score (nSPS) is 16.5. The van der Waals surface area contributed by atoms with E-state index in [9.17, 15) is 9.59 Å². The van der Waals surface area contributed by atoms with Crippen molar-refractivity contribution in [3.05, 3.63) is 48.5 Å². The molecule has 0 aliphatic carbocycles. The number of benzene rings is 2. The highest BCUT2D eigenvalue weighted by Crippen LogP contribution is 2.26. The summed E-state index contributed by atoms with van der Waals surface area (Å²) in [5, 5.41) is 5.74. The van der Waals surface area contributed by atoms with Gasteiger partial charge in [0.15, 0.2) is 0 Å². The molecule has 1 aliphatic heterocycles. The summed E-state index contributed by atoms with van der Waals surface area (Å²) in [4.78, 5) is 27.3. The van der Waals surface area contributed by atoms with Crippen LogP contribution in [0.15, 0.2) is 53.4 Å². The molecule has 0 radical (unpaired) electrons. The Hall–Kier alpha value is -2.67. The van der Waals surface area contributed by atoms with Crippen molar-refractivity contribution in [1.82, 2.24) is 5.32 Å². The molecule has 1 atom stereocenters. The minimum atomic E-state index is -0.309. The van der Waals surface area contributed by atoms with E-state index in [0.717, 1.165) is 16.3 Å². The van der Waals surface area contributed by atoms with Gasteiger partial charge in [-0.3, -0.25) is 4.79 Å². The van der Waals surface area contributed by atoms with Gasteiger partial charge in [-0.1, -0.05) is 18.2 Å². The van der Waals surface area contributed by atoms with Crippen LogP contribution in [0.3, 0.4) is 0 Å². The lowest BCUT2D eigenvalue weighted by Gasteiger charge is -2.18. The molecule has 1 heterocycles. The highest BCUT2D eigenvalue weighted by Gasteiger charge is 2.31. The second-order valence-corrected chi connectivity index (χ2v) is 6.75. The number of thioether (sulfide) groups is 1. The maximum Gasteiger partial charge on any atom is 0.319 e. The van der Waals surface area contributed by atoms with Crippen molar-refractivity contribution in [3.63, 3.8) is 0 Å². The standard InChI is InChI=1S/C19H21N3O3S/c1-25-15-7-5-6-14(11-15)22-12-13(10-18(22)23)20-19(24)21-16-8-3-4-9-17(16)26-2/h3-9,11,13H,10,12H2,1-2H3,(H2,20,21,24). The Morgan fingerprint density at radius 3 is 2.81 bits per heavy atom. The number of hydrogen-bond acceptors (Lipinski definition) is 4. The Bertz CT molecular complexity index is 812. The Morgan fingerprint density at radius 2 is 2.04 bits per heavy atom. The van der Waals surface area contributed by atoms with E-state index in [-0.39, 0.29) is 24.4 Å². The molecule has 2 N–H and O–H groups in total. The summed E-state index contributed by atoms with van der Waals surface area (Å²) in [6.45, 7) is 0.434. The molecule has 2 aromatic rings. The van der Waals surface area contributed by atoms with Crippen LogP contribution >= 0.6 is 11.8 Å². The summed E-state index contributed by atoms with van der Waals surface area (Å²) in [5.74, 6) is 0.672. The van der Waals surface area contributed by atoms with Gasteiger partial charge in [0.2, 0.25) is 5.91 Å². The molecule has 0 aromatic heterocycles. The van der Waals surface area contributed by atoms with Gasteiger partial charge in [0.1, 0.15) is 5.75 Å². The number of nitrogens with zero attached hydrogens (tertiary/aromatic N) is 1. The summed E-state index contributed by atoms with van der Waals surface area (Å²) in [7, 11) is 1.59. The van der Waals surface area contributed by atoms with Crippen LogP contribution in [0, 0.1) is 0 Å². The van der Waals surface area contributed by atoms with Gasteiger partial charge in [-0.05, 0) is 30.5 Å². The van der Waals surface area contributed by atoms with E-state index >= 15 is 0 Å². The zero-order chi connectivity index (χ0) is 18.5. The summed E-state index contributed by atoms with van der Waals surface area (Å²) < 4.78 is 5.21. The van der Waals surface area contributed by atoms with Crippen LogP contribution in [0.1, 0.15) is 6.42 Å². The van der Waals surface area contributed by atoms with Crippen molar-refractivity contribution >= 4 is 35.1 Å². The van der Waals surface area contributed by atoms with Crippen molar-refractivity contribution in [1.29, 1.82) is 0 Å². The first-order chi connectivity index (χ1) is 12.6. The first kappa shape index (κ1) is 18.1. The number of hydrogen-bond donors (Lipinski definition) is 2. The summed E-state index contributed by atoms with van der Waals surface area (Å²) in [6.07, 6.45) is 2.23. The van der Waals surface area contributed by atoms with Gasteiger partial charge in [0.05, 0.1) is 18.8 Å². The molecule has 3 rings (SSSR count). The summed E-state index contributed by atoms with van der Waals surface area (Å²) >= 11 is 1.56. The minimum absolute atomic E-state index is 0.0203. The monoisotopic (exact) mass is 371 g/mol. The molecule has 7 heteroatoms. The van der Waals surface area contributed by atoms with Gasteiger partial charge in [-0.15, -0.1) is 11.8 Å². The summed E-state index contributed by atoms with van der Waals surface area (Å²) in [5.41, 5.74) is 1.53. The molecule has 2 aromatic carbocycles. The highest BCUT2D eigenvalue weighted by atomic mass is 32.2. The van der Waals surface area contributed by atoms with Crippen LogP contribution in [0.4, 0.5) is 16.2 Å². The molecule has 0 saturated carbocycles. The number of carbonyl (C=O) groups is 2. The SMILES string of the molecule is COc1cccc(N2CC(NC(=O)Nc3ccccc3SC)CC2=O)c1. The lowest BCUT2D eigenvalue weighted by atomic mass is 10.2. The van der Waals surface area contributed by atoms with Crippen LogP contribution in [0.25, 0.3) is 0 Å². The molecule has 0 spiro atoms. The minimum Gasteiger partial charge on any atom is -0.497 e. The largest absolute Gasteiger partial charge is 0.497 e. The van der Waals surface area contributed by atoms with E-state index in [1.807, 2.05) is 54.8 Å². The Labute approximate surface area is 156 Å². The molecule has 1 saturated heterocycles. The fourth-order valence-electron chi connectivity index (χ4n) is 2.92. The number of anilines is 2. The van der Waals surface area contributed by atoms with E-state index in [1.54, 1.807) is 23.8 Å². The number of para-hydroxylation sites is 1. The zero-order valence-corrected chi connectivity index (χ0v) is 15.5. The number of methoxy groups -OCH3 is 1. The third kappa shape index (κ3) is 4.11. The van der Waals surface area contributed by atoms with E-state index < -0.39 is 0 Å². The van der Waals surface area contributed by atoms with Crippen molar-refractivity contribution in [2.75, 3.05) is 30.1 Å². The van der Waals surface area contributed by atoms with Gasteiger partial charge in [0, 0.05) is 29.6 Å². The number of carbonyl (C=O) groups excluding carboxylic acids is 2. The zero-order valence-electron chi connectivity index (χ0n) is 14.7. The molecule has 136 valence electrons. The predicted molar refractivity (Wildman–Crippen MR) is 104 cm³/mol. The second kappa shape index (κ2) is 8.14. The van der Waals surface area contributed by atoms with Gasteiger partial charge < -0.3 is 20.3 Å². The van der Waals surface area contributed by atoms with Gasteiger partial charge in [-0.25, -0.2) is 4.79 Å². The first-order valence-corrected chi connectivity index (χ1v) is 9.48. The van der Waals surface area contributed by atoms with Crippen LogP contribution in [-0.4, -0.2) is 37.9 Å². The van der Waals surface area contributed by atoms with Crippen molar-refractivity contribution < 1.29 is 14.3 Å². The van der Waals surface area contributed by atoms with E-state index in [4.69, 9.17) is 4.74 Å². The highest BCUT2D eigenvalue weighted by molar-refractivity contribution is 7.98. The van der Waals surface area contributed by atoms with Crippen LogP contribution < -0.4 is 20.3 Å². The smallest absolute Gasteiger partial charge is 0.319 e. The molecule has 0 bridgehead atoms. The summed E-state index contributed by atoms with van der Waals surface area (Å²) in [6, 6.07) is 14.4. The molecule has 1 fully saturated rings. The lowest BCUT2D eigenvalue weighted by Crippen LogP contribution is -2.39. The third-order valence-electron chi connectivity index (χ3n) is 4.18. The predicted octanol–water partition coefficient (Wildman–Crippen LogP) is 3.34. The fraction of sp³-hybridized carbons (Fsp3) is 0.263. The average Bonchev–Trinajstić information content (AvgIpc) is 3.02. The fourth-order valence-corrected chi connectivity index (χ4v) is 3.48. The Morgan fingerprint density at radius 1 is 1.23 bits per heavy atom. The maximum atomic E-state index is 12.3. The molecule has 26 heavy (non-hydrogen) atoms. The maximum absolute atomic E-state index is 12.3. The number of urea groups is 1. The molecule has 6 nitrogen and oxygen atoms in total. The van der Waals surface area contributed by atoms with Crippen LogP contribution in [0.2, 0.25) is 0 Å². The lowest BCUT2D eigenvalue weighted by molar-refractivity contribution is -0.117. The number of nitrogens with one attached hydrogen (secondary N) is 2. The molecular weight excluding hydrogens is 350 g/mol. The quantitative estimate of drug-likeness (QED) is 0.791. The van der Waals surface area contributed by atoms with Crippen LogP contribution in [0.5, 0.6) is 5.75 Å². The van der Waals surface area contributed by atoms with Gasteiger partial charge >= 0.3 is 6.03 Å². The van der Waals surface area contributed by atoms with Crippen molar-refractivity contribution in [2.24, 2.45) is 0 Å². The van der Waals surface area contributed by atoms with Crippen LogP contribution in [-0.2, 0) is 4.79 Å². The van der Waals surface area contributed by atoms with E-state index in [1.165, 1.54) is 0 Å². The van der Waals surface area contributed by atoms with Crippen molar-refractivity contribution in [2.45, 2.75) is 17.4 Å². The van der Waals surface area contributed by atoms with Gasteiger partial charge in [0.25, 0.3) is 0 Å². The average molecular weight is 371 g/mol.